The molecule has 0 aliphatic carbocycles. The zero-order valence-electron chi connectivity index (χ0n) is 10.4. The molecule has 2 fully saturated rings. The minimum absolute atomic E-state index is 0.00289. The van der Waals surface area contributed by atoms with Crippen LogP contribution in [-0.4, -0.2) is 49.0 Å². The van der Waals surface area contributed by atoms with Crippen molar-refractivity contribution in [2.75, 3.05) is 26.3 Å². The van der Waals surface area contributed by atoms with Gasteiger partial charge < -0.3 is 20.5 Å². The highest BCUT2D eigenvalue weighted by Gasteiger charge is 2.33. The lowest BCUT2D eigenvalue weighted by Crippen LogP contribution is -2.52. The van der Waals surface area contributed by atoms with Crippen LogP contribution in [0.1, 0.15) is 26.2 Å². The van der Waals surface area contributed by atoms with Gasteiger partial charge in [-0.15, -0.1) is 0 Å². The number of piperidine rings is 1. The van der Waals surface area contributed by atoms with E-state index in [0.29, 0.717) is 32.1 Å². The van der Waals surface area contributed by atoms with E-state index in [-0.39, 0.29) is 11.9 Å². The van der Waals surface area contributed by atoms with E-state index < -0.39 is 5.60 Å². The quantitative estimate of drug-likeness (QED) is 0.632. The highest BCUT2D eigenvalue weighted by atomic mass is 16.5. The van der Waals surface area contributed by atoms with Gasteiger partial charge in [-0.05, 0) is 25.3 Å². The lowest BCUT2D eigenvalue weighted by Gasteiger charge is -2.28. The Morgan fingerprint density at radius 3 is 3.12 bits per heavy atom. The number of rotatable bonds is 3. The molecule has 2 aliphatic rings. The Bertz CT molecular complexity index is 277. The van der Waals surface area contributed by atoms with Crippen LogP contribution < -0.4 is 10.6 Å². The molecule has 0 aromatic heterocycles. The van der Waals surface area contributed by atoms with Crippen molar-refractivity contribution in [3.05, 3.63) is 0 Å². The van der Waals surface area contributed by atoms with E-state index in [2.05, 4.69) is 17.6 Å². The van der Waals surface area contributed by atoms with Crippen molar-refractivity contribution in [1.82, 2.24) is 10.6 Å². The van der Waals surface area contributed by atoms with Crippen LogP contribution in [0, 0.1) is 5.92 Å². The molecule has 3 atom stereocenters. The molecule has 2 aliphatic heterocycles. The van der Waals surface area contributed by atoms with E-state index in [1.54, 1.807) is 0 Å². The molecule has 5 nitrogen and oxygen atoms in total. The van der Waals surface area contributed by atoms with Gasteiger partial charge in [0.2, 0.25) is 5.91 Å². The van der Waals surface area contributed by atoms with E-state index >= 15 is 0 Å². The van der Waals surface area contributed by atoms with Crippen LogP contribution in [0.25, 0.3) is 0 Å². The van der Waals surface area contributed by atoms with Gasteiger partial charge in [-0.1, -0.05) is 6.92 Å². The molecule has 1 amide bonds. The highest BCUT2D eigenvalue weighted by molar-refractivity contribution is 5.81. The molecular formula is C12H22N2O3. The van der Waals surface area contributed by atoms with Gasteiger partial charge in [-0.25, -0.2) is 0 Å². The van der Waals surface area contributed by atoms with Crippen molar-refractivity contribution in [2.45, 2.75) is 37.8 Å². The monoisotopic (exact) mass is 242 g/mol. The van der Waals surface area contributed by atoms with E-state index in [1.165, 1.54) is 0 Å². The summed E-state index contributed by atoms with van der Waals surface area (Å²) in [6, 6.07) is -0.107. The maximum absolute atomic E-state index is 11.9. The summed E-state index contributed by atoms with van der Waals surface area (Å²) in [6.07, 6.45) is 2.60. The largest absolute Gasteiger partial charge is 0.386 e. The van der Waals surface area contributed by atoms with Crippen LogP contribution in [0.4, 0.5) is 0 Å². The van der Waals surface area contributed by atoms with E-state index in [9.17, 15) is 9.90 Å². The van der Waals surface area contributed by atoms with Gasteiger partial charge in [-0.3, -0.25) is 4.79 Å². The van der Waals surface area contributed by atoms with Gasteiger partial charge in [0.15, 0.2) is 0 Å². The Kier molecular flexibility index (Phi) is 4.01. The fraction of sp³-hybridized carbons (Fsp3) is 0.917. The molecular weight excluding hydrogens is 220 g/mol. The molecule has 3 N–H and O–H groups in total. The third-order valence-electron chi connectivity index (χ3n) is 3.66. The van der Waals surface area contributed by atoms with Crippen molar-refractivity contribution >= 4 is 5.91 Å². The van der Waals surface area contributed by atoms with E-state index in [0.717, 1.165) is 19.4 Å². The summed E-state index contributed by atoms with van der Waals surface area (Å²) in [7, 11) is 0. The number of carbonyl (C=O) groups excluding carboxylic acids is 1. The van der Waals surface area contributed by atoms with Crippen molar-refractivity contribution in [3.63, 3.8) is 0 Å². The third-order valence-corrected chi connectivity index (χ3v) is 3.66. The number of amides is 1. The number of hydrogen-bond donors (Lipinski definition) is 3. The summed E-state index contributed by atoms with van der Waals surface area (Å²) in [5.74, 6) is 0.585. The first kappa shape index (κ1) is 12.8. The first-order chi connectivity index (χ1) is 8.09. The number of carbonyl (C=O) groups is 1. The second kappa shape index (κ2) is 5.33. The van der Waals surface area contributed by atoms with Crippen LogP contribution in [0.15, 0.2) is 0 Å². The number of aliphatic hydroxyl groups is 1. The minimum Gasteiger partial charge on any atom is -0.386 e. The fourth-order valence-corrected chi connectivity index (χ4v) is 2.42. The maximum atomic E-state index is 11.9. The predicted molar refractivity (Wildman–Crippen MR) is 63.6 cm³/mol. The Morgan fingerprint density at radius 1 is 1.65 bits per heavy atom. The highest BCUT2D eigenvalue weighted by Crippen LogP contribution is 2.18. The van der Waals surface area contributed by atoms with Gasteiger partial charge in [0, 0.05) is 19.6 Å². The standard InChI is InChI=1S/C12H22N2O3/c1-9-2-4-13-10(6-9)11(15)14-7-12(16)3-5-17-8-12/h9-10,13,16H,2-8H2,1H3,(H,14,15). The molecule has 3 unspecified atom stereocenters. The first-order valence-electron chi connectivity index (χ1n) is 6.40. The van der Waals surface area contributed by atoms with Gasteiger partial charge >= 0.3 is 0 Å². The van der Waals surface area contributed by atoms with E-state index in [4.69, 9.17) is 4.74 Å². The van der Waals surface area contributed by atoms with Crippen LogP contribution in [-0.2, 0) is 9.53 Å². The van der Waals surface area contributed by atoms with Gasteiger partial charge in [0.1, 0.15) is 5.60 Å². The lowest BCUT2D eigenvalue weighted by atomic mass is 9.93. The average molecular weight is 242 g/mol. The van der Waals surface area contributed by atoms with Gasteiger partial charge in [0.25, 0.3) is 0 Å². The number of nitrogens with one attached hydrogen (secondary N) is 2. The fourth-order valence-electron chi connectivity index (χ4n) is 2.42. The van der Waals surface area contributed by atoms with Crippen molar-refractivity contribution in [3.8, 4) is 0 Å². The van der Waals surface area contributed by atoms with E-state index in [1.807, 2.05) is 0 Å². The molecule has 98 valence electrons. The lowest BCUT2D eigenvalue weighted by molar-refractivity contribution is -0.125. The summed E-state index contributed by atoms with van der Waals surface area (Å²) in [6.45, 7) is 4.25. The molecule has 0 bridgehead atoms. The second-order valence-electron chi connectivity index (χ2n) is 5.38. The Balaban J connectivity index is 1.76. The van der Waals surface area contributed by atoms with Gasteiger partial charge in [0.05, 0.1) is 12.6 Å². The molecule has 0 aromatic carbocycles. The average Bonchev–Trinajstić information content (AvgIpc) is 2.74. The SMILES string of the molecule is CC1CCNC(C(=O)NCC2(O)CCOC2)C1. The first-order valence-corrected chi connectivity index (χ1v) is 6.40. The summed E-state index contributed by atoms with van der Waals surface area (Å²) in [4.78, 5) is 11.9. The molecule has 17 heavy (non-hydrogen) atoms. The topological polar surface area (TPSA) is 70.6 Å². The molecule has 2 saturated heterocycles. The molecule has 0 aromatic rings. The summed E-state index contributed by atoms with van der Waals surface area (Å²) >= 11 is 0. The van der Waals surface area contributed by atoms with Crippen molar-refractivity contribution in [2.24, 2.45) is 5.92 Å². The predicted octanol–water partition coefficient (Wildman–Crippen LogP) is -0.358. The number of ether oxygens (including phenoxy) is 1. The Labute approximate surface area is 102 Å². The van der Waals surface area contributed by atoms with Crippen LogP contribution in [0.2, 0.25) is 0 Å². The normalized spacial score (nSPS) is 38.0. The zero-order chi connectivity index (χ0) is 12.3. The van der Waals surface area contributed by atoms with Crippen molar-refractivity contribution in [1.29, 1.82) is 0 Å². The summed E-state index contributed by atoms with van der Waals surface area (Å²) in [5, 5.41) is 16.1. The van der Waals surface area contributed by atoms with Crippen LogP contribution in [0.3, 0.4) is 0 Å². The second-order valence-corrected chi connectivity index (χ2v) is 5.38. The smallest absolute Gasteiger partial charge is 0.237 e. The van der Waals surface area contributed by atoms with Crippen molar-refractivity contribution < 1.29 is 14.6 Å². The molecule has 2 rings (SSSR count). The minimum atomic E-state index is -0.865. The maximum Gasteiger partial charge on any atom is 0.237 e. The Morgan fingerprint density at radius 2 is 2.47 bits per heavy atom. The van der Waals surface area contributed by atoms with Crippen LogP contribution >= 0.6 is 0 Å². The third kappa shape index (κ3) is 3.40. The summed E-state index contributed by atoms with van der Waals surface area (Å²) in [5.41, 5.74) is -0.865. The molecule has 0 saturated carbocycles. The van der Waals surface area contributed by atoms with Gasteiger partial charge in [-0.2, -0.15) is 0 Å². The van der Waals surface area contributed by atoms with Crippen LogP contribution in [0.5, 0.6) is 0 Å². The molecule has 2 heterocycles. The summed E-state index contributed by atoms with van der Waals surface area (Å²) < 4.78 is 5.14. The molecule has 0 radical (unpaired) electrons. The molecule has 0 spiro atoms. The zero-order valence-corrected chi connectivity index (χ0v) is 10.4. The number of hydrogen-bond acceptors (Lipinski definition) is 4. The molecule has 5 heteroatoms. The Hall–Kier alpha value is -0.650.